The van der Waals surface area contributed by atoms with Crippen LogP contribution in [0.1, 0.15) is 0 Å². The second-order valence-corrected chi connectivity index (χ2v) is 14.0. The predicted octanol–water partition coefficient (Wildman–Crippen LogP) is 4.39. The Kier molecular flexibility index (Phi) is 7.01. The molecule has 0 spiro atoms. The molecule has 9 N–H and O–H groups in total. The molecule has 8 rings (SSSR count). The molecular weight excluding hydrogens is 645 g/mol. The van der Waals surface area contributed by atoms with Gasteiger partial charge in [-0.1, -0.05) is 24.3 Å². The highest BCUT2D eigenvalue weighted by molar-refractivity contribution is 7.89. The lowest BCUT2D eigenvalue weighted by Crippen LogP contribution is -2.18. The van der Waals surface area contributed by atoms with E-state index in [0.717, 1.165) is 22.1 Å². The Morgan fingerprint density at radius 2 is 1.06 bits per heavy atom. The number of primary sulfonamides is 1. The van der Waals surface area contributed by atoms with Gasteiger partial charge in [-0.05, 0) is 67.7 Å². The lowest BCUT2D eigenvalue weighted by molar-refractivity contribution is 0.459. The number of fused-ring (bicyclic) bond motifs is 4. The summed E-state index contributed by atoms with van der Waals surface area (Å²) in [5, 5.41) is 26.8. The molecule has 238 valence electrons. The number of H-pyrrole nitrogens is 4. The number of imidazole rings is 2. The molecule has 4 aromatic carbocycles. The number of nitrogens with zero attached hydrogens (tertiary/aromatic N) is 2. The molecule has 4 heterocycles. The van der Waals surface area contributed by atoms with Crippen molar-refractivity contribution < 1.29 is 27.0 Å². The van der Waals surface area contributed by atoms with Gasteiger partial charge in [0.25, 0.3) is 0 Å². The lowest BCUT2D eigenvalue weighted by atomic mass is 10.1. The summed E-state index contributed by atoms with van der Waals surface area (Å²) in [4.78, 5) is 20.9. The second kappa shape index (κ2) is 11.0. The van der Waals surface area contributed by atoms with Crippen LogP contribution in [0.25, 0.3) is 66.6 Å². The Labute approximate surface area is 266 Å². The molecule has 8 aromatic rings. The first-order valence-corrected chi connectivity index (χ1v) is 17.0. The highest BCUT2D eigenvalue weighted by Gasteiger charge is 2.21. The third-order valence-electron chi connectivity index (χ3n) is 7.66. The van der Waals surface area contributed by atoms with E-state index in [1.807, 2.05) is 48.5 Å². The number of nitrogens with one attached hydrogen (secondary N) is 5. The molecule has 0 aliphatic carbocycles. The van der Waals surface area contributed by atoms with Crippen molar-refractivity contribution in [2.24, 2.45) is 5.14 Å². The van der Waals surface area contributed by atoms with E-state index in [9.17, 15) is 27.0 Å². The number of nitrogens with two attached hydrogens (primary N) is 1. The van der Waals surface area contributed by atoms with Gasteiger partial charge in [0.1, 0.15) is 11.6 Å². The van der Waals surface area contributed by atoms with Crippen molar-refractivity contribution in [3.8, 4) is 34.5 Å². The van der Waals surface area contributed by atoms with Gasteiger partial charge in [-0.2, -0.15) is 0 Å². The molecule has 4 aromatic heterocycles. The number of hydrogen-bond acceptors (Lipinski definition) is 8. The minimum Gasteiger partial charge on any atom is -0.494 e. The van der Waals surface area contributed by atoms with E-state index in [0.29, 0.717) is 44.6 Å². The monoisotopic (exact) mass is 670 g/mol. The van der Waals surface area contributed by atoms with E-state index in [1.54, 1.807) is 12.1 Å². The third-order valence-corrected chi connectivity index (χ3v) is 9.98. The summed E-state index contributed by atoms with van der Waals surface area (Å²) in [6.07, 6.45) is 0. The Bertz CT molecular complexity index is 2640. The van der Waals surface area contributed by atoms with Crippen LogP contribution < -0.4 is 9.86 Å². The lowest BCUT2D eigenvalue weighted by Gasteiger charge is -2.03. The maximum atomic E-state index is 12.0. The van der Waals surface area contributed by atoms with E-state index in [-0.39, 0.29) is 21.6 Å². The van der Waals surface area contributed by atoms with Gasteiger partial charge < -0.3 is 30.1 Å². The Morgan fingerprint density at radius 3 is 1.51 bits per heavy atom. The van der Waals surface area contributed by atoms with E-state index >= 15 is 0 Å². The maximum absolute atomic E-state index is 12.0. The molecule has 0 bridgehead atoms. The summed E-state index contributed by atoms with van der Waals surface area (Å²) >= 11 is 0. The zero-order valence-electron chi connectivity index (χ0n) is 24.4. The first-order chi connectivity index (χ1) is 22.4. The van der Waals surface area contributed by atoms with Gasteiger partial charge in [0.05, 0.1) is 43.0 Å². The van der Waals surface area contributed by atoms with E-state index < -0.39 is 20.0 Å². The van der Waals surface area contributed by atoms with Gasteiger partial charge in [-0.25, -0.2) is 36.7 Å². The smallest absolute Gasteiger partial charge is 0.240 e. The topological polar surface area (TPSA) is 236 Å². The number of hydrogen-bond donors (Lipinski definition) is 8. The number of sulfonamides is 2. The van der Waals surface area contributed by atoms with Crippen LogP contribution in [0.5, 0.6) is 11.8 Å². The van der Waals surface area contributed by atoms with Crippen molar-refractivity contribution in [3.05, 3.63) is 84.9 Å². The number of aromatic amines is 4. The third kappa shape index (κ3) is 5.34. The highest BCUT2D eigenvalue weighted by atomic mass is 32.2. The number of benzene rings is 4. The van der Waals surface area contributed by atoms with E-state index in [2.05, 4.69) is 34.6 Å². The quantitative estimate of drug-likeness (QED) is 0.130. The highest BCUT2D eigenvalue weighted by Crippen LogP contribution is 2.38. The first-order valence-electron chi connectivity index (χ1n) is 14.0. The fourth-order valence-corrected chi connectivity index (χ4v) is 6.69. The van der Waals surface area contributed by atoms with Crippen LogP contribution >= 0.6 is 0 Å². The predicted molar refractivity (Wildman–Crippen MR) is 178 cm³/mol. The van der Waals surface area contributed by atoms with Crippen LogP contribution in [0.15, 0.2) is 94.7 Å². The molecule has 47 heavy (non-hydrogen) atoms. The number of aromatic nitrogens is 6. The van der Waals surface area contributed by atoms with Crippen LogP contribution in [-0.4, -0.2) is 64.0 Å². The standard InChI is InChI=1S/C16H14N4O3S.C15H12N4O3S/c1-17-24(22,23)9-6-7-11-10(8-9)14(16(21)20-11)15-18-12-4-2-3-5-13(12)19-15;16-23(21,22)8-5-6-10-9(7-8)13(15(20)19-10)14-17-11-3-1-2-4-12(11)18-14/h2-8,17,20-21H,1H3,(H,18,19);1-7,19-20H,(H,17,18)(H2,16,21,22). The average Bonchev–Trinajstić information content (AvgIpc) is 3.80. The fourth-order valence-electron chi connectivity index (χ4n) is 5.40. The van der Waals surface area contributed by atoms with Crippen molar-refractivity contribution in [3.63, 3.8) is 0 Å². The second-order valence-electron chi connectivity index (χ2n) is 10.6. The molecule has 0 unspecified atom stereocenters. The normalized spacial score (nSPS) is 12.2. The van der Waals surface area contributed by atoms with Crippen molar-refractivity contribution in [1.29, 1.82) is 0 Å². The summed E-state index contributed by atoms with van der Waals surface area (Å²) in [7, 11) is -6.06. The molecule has 0 amide bonds. The minimum absolute atomic E-state index is 0.0265. The summed E-state index contributed by atoms with van der Waals surface area (Å²) in [6, 6.07) is 23.9. The van der Waals surface area contributed by atoms with Crippen LogP contribution in [0, 0.1) is 0 Å². The molecule has 14 nitrogen and oxygen atoms in total. The Balaban J connectivity index is 0.000000150. The van der Waals surface area contributed by atoms with Gasteiger partial charge in [0, 0.05) is 21.8 Å². The van der Waals surface area contributed by atoms with Crippen molar-refractivity contribution in [2.75, 3.05) is 7.05 Å². The summed E-state index contributed by atoms with van der Waals surface area (Å²) in [6.45, 7) is 0. The molecular formula is C31H26N8O6S2. The molecule has 0 saturated heterocycles. The van der Waals surface area contributed by atoms with Crippen LogP contribution in [0.4, 0.5) is 0 Å². The van der Waals surface area contributed by atoms with Crippen LogP contribution in [0.3, 0.4) is 0 Å². The number of aromatic hydroxyl groups is 2. The molecule has 0 atom stereocenters. The summed E-state index contributed by atoms with van der Waals surface area (Å²) in [5.41, 5.74) is 5.22. The molecule has 16 heteroatoms. The first kappa shape index (κ1) is 30.0. The van der Waals surface area contributed by atoms with Crippen molar-refractivity contribution in [2.45, 2.75) is 9.79 Å². The molecule has 0 radical (unpaired) electrons. The largest absolute Gasteiger partial charge is 0.494 e. The van der Waals surface area contributed by atoms with Crippen LogP contribution in [-0.2, 0) is 20.0 Å². The van der Waals surface area contributed by atoms with Gasteiger partial charge in [0.2, 0.25) is 31.8 Å². The maximum Gasteiger partial charge on any atom is 0.240 e. The Morgan fingerprint density at radius 1 is 0.617 bits per heavy atom. The summed E-state index contributed by atoms with van der Waals surface area (Å²) < 4.78 is 49.5. The van der Waals surface area contributed by atoms with Gasteiger partial charge in [0.15, 0.2) is 0 Å². The van der Waals surface area contributed by atoms with E-state index in [1.165, 1.54) is 31.3 Å². The molecule has 0 aliphatic rings. The zero-order valence-corrected chi connectivity index (χ0v) is 26.0. The number of rotatable bonds is 5. The molecule has 0 fully saturated rings. The van der Waals surface area contributed by atoms with Gasteiger partial charge >= 0.3 is 0 Å². The average molecular weight is 671 g/mol. The fraction of sp³-hybridized carbons (Fsp3) is 0.0323. The van der Waals surface area contributed by atoms with Gasteiger partial charge in [-0.3, -0.25) is 0 Å². The Hall–Kier alpha value is -5.68. The number of para-hydroxylation sites is 4. The minimum atomic E-state index is -3.83. The van der Waals surface area contributed by atoms with Gasteiger partial charge in [-0.15, -0.1) is 0 Å². The summed E-state index contributed by atoms with van der Waals surface area (Å²) in [5.74, 6) is 0.758. The van der Waals surface area contributed by atoms with Crippen LogP contribution in [0.2, 0.25) is 0 Å². The van der Waals surface area contributed by atoms with E-state index in [4.69, 9.17) is 5.14 Å². The molecule has 0 saturated carbocycles. The zero-order chi connectivity index (χ0) is 33.1. The molecule has 0 aliphatic heterocycles. The van der Waals surface area contributed by atoms with Crippen molar-refractivity contribution >= 4 is 63.9 Å². The SMILES string of the molecule is CNS(=O)(=O)c1ccc2[nH]c(O)c(-c3nc4ccccc4[nH]3)c2c1.NS(=O)(=O)c1ccc2[nH]c(O)c(-c3nc4ccccc4[nH]3)c2c1. The van der Waals surface area contributed by atoms with Crippen molar-refractivity contribution in [1.82, 2.24) is 34.6 Å².